The molecule has 2 aromatic rings. The summed E-state index contributed by atoms with van der Waals surface area (Å²) in [4.78, 5) is 5.01. The van der Waals surface area contributed by atoms with E-state index in [1.54, 1.807) is 6.07 Å². The summed E-state index contributed by atoms with van der Waals surface area (Å²) in [5.41, 5.74) is 2.32. The maximum absolute atomic E-state index is 12.5. The highest BCUT2D eigenvalue weighted by molar-refractivity contribution is 5.35. The van der Waals surface area contributed by atoms with E-state index in [-0.39, 0.29) is 2.85 Å². The molecular weight excluding hydrogens is 428 g/mol. The summed E-state index contributed by atoms with van der Waals surface area (Å²) >= 11 is 0. The van der Waals surface area contributed by atoms with Crippen molar-refractivity contribution >= 4 is 12.2 Å². The number of halogens is 2. The van der Waals surface area contributed by atoms with Gasteiger partial charge < -0.3 is 9.88 Å². The Hall–Kier alpha value is -2.27. The summed E-state index contributed by atoms with van der Waals surface area (Å²) in [6, 6.07) is 4.03. The second-order valence-electron chi connectivity index (χ2n) is 10.1. The summed E-state index contributed by atoms with van der Waals surface area (Å²) in [6.45, 7) is 12.3. The van der Waals surface area contributed by atoms with Gasteiger partial charge in [0, 0.05) is 15.8 Å². The van der Waals surface area contributed by atoms with Gasteiger partial charge in [-0.1, -0.05) is 57.1 Å². The molecule has 190 valence electrons. The van der Waals surface area contributed by atoms with Crippen LogP contribution in [0.5, 0.6) is 0 Å². The summed E-state index contributed by atoms with van der Waals surface area (Å²) in [6.07, 6.45) is 14.5. The van der Waals surface area contributed by atoms with Gasteiger partial charge in [-0.15, -0.1) is 0 Å². The van der Waals surface area contributed by atoms with Gasteiger partial charge in [-0.25, -0.2) is 13.8 Å². The van der Waals surface area contributed by atoms with Crippen molar-refractivity contribution in [1.82, 2.24) is 14.9 Å². The average molecular weight is 474 g/mol. The Morgan fingerprint density at radius 3 is 2.68 bits per heavy atom. The van der Waals surface area contributed by atoms with E-state index in [0.29, 0.717) is 5.92 Å². The number of piperidine rings is 1. The summed E-state index contributed by atoms with van der Waals surface area (Å²) < 4.78 is 27.4. The van der Waals surface area contributed by atoms with E-state index in [0.717, 1.165) is 56.7 Å². The summed E-state index contributed by atoms with van der Waals surface area (Å²) in [5.74, 6) is 1.14. The highest BCUT2D eigenvalue weighted by Crippen LogP contribution is 2.14. The minimum absolute atomic E-state index is 0. The largest absolute Gasteiger partial charge is 0.328 e. The first kappa shape index (κ1) is 26.3. The van der Waals surface area contributed by atoms with Crippen LogP contribution in [0.15, 0.2) is 29.8 Å². The maximum Gasteiger partial charge on any atom is 0.159 e. The van der Waals surface area contributed by atoms with Crippen molar-refractivity contribution in [3.05, 3.63) is 63.6 Å². The molecule has 34 heavy (non-hydrogen) atoms. The van der Waals surface area contributed by atoms with Gasteiger partial charge >= 0.3 is 0 Å². The molecule has 0 unspecified atom stereocenters. The highest BCUT2D eigenvalue weighted by Gasteiger charge is 2.17. The molecule has 1 aliphatic carbocycles. The van der Waals surface area contributed by atoms with Crippen LogP contribution in [0.25, 0.3) is 12.2 Å². The zero-order valence-corrected chi connectivity index (χ0v) is 21.3. The SMILES string of the molecule is CC1=CC/C=c2/nc(CC(C)C)n(C[C@@H]3CCCNC3)/c2=C\C1.CCCc1ccc(F)c(F)c1.[HH].[HH]. The van der Waals surface area contributed by atoms with Gasteiger partial charge in [-0.2, -0.15) is 0 Å². The molecular formula is C29H45F2N3. The van der Waals surface area contributed by atoms with Crippen LogP contribution >= 0.6 is 0 Å². The molecule has 2 aliphatic rings. The third kappa shape index (κ3) is 7.63. The first-order valence-electron chi connectivity index (χ1n) is 12.9. The molecule has 1 aliphatic heterocycles. The van der Waals surface area contributed by atoms with Crippen LogP contribution in [0.2, 0.25) is 0 Å². The fraction of sp³-hybridized carbons (Fsp3) is 0.552. The molecule has 5 heteroatoms. The third-order valence-corrected chi connectivity index (χ3v) is 6.46. The number of imidazole rings is 1. The number of aryl methyl sites for hydroxylation is 1. The van der Waals surface area contributed by atoms with Gasteiger partial charge in [0.2, 0.25) is 0 Å². The molecule has 0 radical (unpaired) electrons. The number of aromatic nitrogens is 2. The highest BCUT2D eigenvalue weighted by atomic mass is 19.2. The Kier molecular flexibility index (Phi) is 10.1. The van der Waals surface area contributed by atoms with E-state index in [1.165, 1.54) is 53.6 Å². The Balaban J connectivity index is 0.000000425. The van der Waals surface area contributed by atoms with Crippen molar-refractivity contribution in [3.8, 4) is 0 Å². The molecule has 4 rings (SSSR count). The van der Waals surface area contributed by atoms with Crippen LogP contribution < -0.4 is 16.0 Å². The number of rotatable bonds is 6. The summed E-state index contributed by atoms with van der Waals surface area (Å²) in [7, 11) is 0. The zero-order chi connectivity index (χ0) is 24.5. The Morgan fingerprint density at radius 2 is 2.00 bits per heavy atom. The van der Waals surface area contributed by atoms with Crippen LogP contribution in [0.1, 0.15) is 74.0 Å². The lowest BCUT2D eigenvalue weighted by molar-refractivity contribution is 0.329. The van der Waals surface area contributed by atoms with E-state index in [4.69, 9.17) is 4.98 Å². The lowest BCUT2D eigenvalue weighted by Gasteiger charge is -2.24. The number of hydrogen-bond donors (Lipinski definition) is 1. The smallest absolute Gasteiger partial charge is 0.159 e. The monoisotopic (exact) mass is 473 g/mol. The van der Waals surface area contributed by atoms with Gasteiger partial charge in [0.25, 0.3) is 0 Å². The predicted octanol–water partition coefficient (Wildman–Crippen LogP) is 5.79. The Bertz CT molecular complexity index is 1090. The Morgan fingerprint density at radius 1 is 1.18 bits per heavy atom. The molecule has 1 aromatic heterocycles. The number of allylic oxidation sites excluding steroid dienone is 2. The topological polar surface area (TPSA) is 29.9 Å². The van der Waals surface area contributed by atoms with Crippen LogP contribution in [0, 0.1) is 23.5 Å². The van der Waals surface area contributed by atoms with Gasteiger partial charge in [0.1, 0.15) is 5.82 Å². The van der Waals surface area contributed by atoms with E-state index in [9.17, 15) is 8.78 Å². The van der Waals surface area contributed by atoms with Crippen LogP contribution in [-0.2, 0) is 19.4 Å². The summed E-state index contributed by atoms with van der Waals surface area (Å²) in [5, 5.41) is 6.12. The molecule has 1 aromatic carbocycles. The molecule has 0 bridgehead atoms. The van der Waals surface area contributed by atoms with Crippen molar-refractivity contribution in [1.29, 1.82) is 0 Å². The number of benzene rings is 1. The van der Waals surface area contributed by atoms with E-state index in [1.807, 2.05) is 6.92 Å². The molecule has 0 amide bonds. The van der Waals surface area contributed by atoms with Crippen LogP contribution in [-0.4, -0.2) is 22.6 Å². The quantitative estimate of drug-likeness (QED) is 0.538. The van der Waals surface area contributed by atoms with Crippen molar-refractivity contribution < 1.29 is 11.6 Å². The second kappa shape index (κ2) is 13.0. The number of nitrogens with one attached hydrogen (secondary N) is 1. The third-order valence-electron chi connectivity index (χ3n) is 6.46. The molecule has 3 nitrogen and oxygen atoms in total. The standard InChI is InChI=1S/C20H31N3.C9H10F2.2H2/c1-15(2)12-20-22-18-8-4-6-16(3)9-10-19(18)23(20)14-17-7-5-11-21-13-17;1-2-3-7-4-5-8(10)9(11)6-7;;/h6,8,10,15,17,21H,4-5,7,9,11-14H2,1-3H3;4-6H,2-3H2,1H3;2*1H/b16-6?,18-8+,19-10-;;;/t17-;;;/m1.../s1. The molecule has 2 heterocycles. The molecule has 1 atom stereocenters. The van der Waals surface area contributed by atoms with Crippen LogP contribution in [0.4, 0.5) is 8.78 Å². The lowest BCUT2D eigenvalue weighted by atomic mass is 9.99. The predicted molar refractivity (Wildman–Crippen MR) is 142 cm³/mol. The fourth-order valence-corrected chi connectivity index (χ4v) is 4.66. The van der Waals surface area contributed by atoms with Crippen molar-refractivity contribution in [3.63, 3.8) is 0 Å². The fourth-order valence-electron chi connectivity index (χ4n) is 4.66. The zero-order valence-electron chi connectivity index (χ0n) is 21.3. The van der Waals surface area contributed by atoms with E-state index >= 15 is 0 Å². The number of fused-ring (bicyclic) bond motifs is 1. The first-order valence-corrected chi connectivity index (χ1v) is 12.9. The molecule has 1 N–H and O–H groups in total. The first-order chi connectivity index (χ1) is 16.4. The maximum atomic E-state index is 12.5. The Labute approximate surface area is 206 Å². The van der Waals surface area contributed by atoms with Crippen molar-refractivity contribution in [2.45, 2.75) is 79.2 Å². The van der Waals surface area contributed by atoms with Crippen LogP contribution in [0.3, 0.4) is 0 Å². The van der Waals surface area contributed by atoms with Gasteiger partial charge in [-0.05, 0) is 81.6 Å². The minimum atomic E-state index is -0.773. The normalized spacial score (nSPS) is 20.0. The molecule has 0 saturated carbocycles. The van der Waals surface area contributed by atoms with Gasteiger partial charge in [-0.3, -0.25) is 0 Å². The second-order valence-corrected chi connectivity index (χ2v) is 10.1. The van der Waals surface area contributed by atoms with Gasteiger partial charge in [0.15, 0.2) is 11.6 Å². The van der Waals surface area contributed by atoms with E-state index in [2.05, 4.69) is 48.9 Å². The molecule has 1 fully saturated rings. The van der Waals surface area contributed by atoms with Gasteiger partial charge in [0.05, 0.1) is 10.7 Å². The molecule has 1 saturated heterocycles. The van der Waals surface area contributed by atoms with Crippen molar-refractivity contribution in [2.24, 2.45) is 11.8 Å². The number of nitrogens with zero attached hydrogens (tertiary/aromatic N) is 2. The average Bonchev–Trinajstić information content (AvgIpc) is 3.09. The van der Waals surface area contributed by atoms with Crippen molar-refractivity contribution in [2.75, 3.05) is 13.1 Å². The number of hydrogen-bond acceptors (Lipinski definition) is 2. The minimum Gasteiger partial charge on any atom is -0.328 e. The van der Waals surface area contributed by atoms with E-state index < -0.39 is 11.6 Å². The lowest BCUT2D eigenvalue weighted by Crippen LogP contribution is -2.37. The molecule has 0 spiro atoms.